The molecule has 2 rings (SSSR count). The summed E-state index contributed by atoms with van der Waals surface area (Å²) < 4.78 is 0. The minimum Gasteiger partial charge on any atom is -0.387 e. The monoisotopic (exact) mass is 269 g/mol. The van der Waals surface area contributed by atoms with E-state index in [1.807, 2.05) is 12.1 Å². The fourth-order valence-electron chi connectivity index (χ4n) is 2.05. The molecule has 2 heterocycles. The first-order valence-corrected chi connectivity index (χ1v) is 6.28. The Morgan fingerprint density at radius 3 is 2.72 bits per heavy atom. The number of amides is 1. The average Bonchev–Trinajstić information content (AvgIpc) is 2.39. The van der Waals surface area contributed by atoms with Gasteiger partial charge in [0.1, 0.15) is 11.8 Å². The number of piperazine rings is 1. The van der Waals surface area contributed by atoms with Crippen LogP contribution in [0.1, 0.15) is 5.56 Å². The van der Waals surface area contributed by atoms with E-state index in [9.17, 15) is 4.79 Å². The first-order chi connectivity index (χ1) is 8.69. The van der Waals surface area contributed by atoms with Gasteiger partial charge in [0.25, 0.3) is 0 Å². The van der Waals surface area contributed by atoms with Crippen LogP contribution < -0.4 is 0 Å². The minimum atomic E-state index is -0.403. The van der Waals surface area contributed by atoms with E-state index in [0.717, 1.165) is 25.2 Å². The van der Waals surface area contributed by atoms with E-state index in [4.69, 9.17) is 16.7 Å². The topological polar surface area (TPSA) is 56.7 Å². The zero-order chi connectivity index (χ0) is 13.0. The quantitative estimate of drug-likeness (QED) is 0.806. The van der Waals surface area contributed by atoms with Crippen LogP contribution >= 0.6 is 11.6 Å². The molecular weight excluding hydrogens is 254 g/mol. The number of hydrogen-bond donors (Lipinski definition) is 1. The Bertz CT molecular complexity index is 420. The number of pyridine rings is 1. The maximum Gasteiger partial charge on any atom is 0.248 e. The smallest absolute Gasteiger partial charge is 0.248 e. The highest BCUT2D eigenvalue weighted by atomic mass is 35.5. The maximum absolute atomic E-state index is 11.3. The van der Waals surface area contributed by atoms with E-state index >= 15 is 0 Å². The van der Waals surface area contributed by atoms with Crippen molar-refractivity contribution in [3.05, 3.63) is 29.0 Å². The molecule has 18 heavy (non-hydrogen) atoms. The zero-order valence-electron chi connectivity index (χ0n) is 10.0. The van der Waals surface area contributed by atoms with E-state index in [2.05, 4.69) is 9.88 Å². The lowest BCUT2D eigenvalue weighted by Gasteiger charge is -2.34. The van der Waals surface area contributed by atoms with Gasteiger partial charge in [0.2, 0.25) is 5.91 Å². The summed E-state index contributed by atoms with van der Waals surface area (Å²) in [6.45, 7) is 3.36. The van der Waals surface area contributed by atoms with Crippen molar-refractivity contribution < 1.29 is 9.90 Å². The number of carbonyl (C=O) groups is 1. The number of aliphatic hydroxyl groups is 1. The Morgan fingerprint density at radius 2 is 2.11 bits per heavy atom. The van der Waals surface area contributed by atoms with E-state index in [1.54, 1.807) is 11.1 Å². The molecule has 1 amide bonds. The van der Waals surface area contributed by atoms with E-state index < -0.39 is 6.61 Å². The molecule has 1 aliphatic rings. The van der Waals surface area contributed by atoms with Gasteiger partial charge in [0.05, 0.1) is 0 Å². The molecule has 1 saturated heterocycles. The Labute approximate surface area is 111 Å². The van der Waals surface area contributed by atoms with E-state index in [0.29, 0.717) is 18.2 Å². The molecule has 98 valence electrons. The molecule has 1 aromatic rings. The molecule has 1 fully saturated rings. The Hall–Kier alpha value is -1.17. The molecule has 0 atom stereocenters. The first kappa shape index (κ1) is 13.3. The van der Waals surface area contributed by atoms with Gasteiger partial charge < -0.3 is 10.0 Å². The van der Waals surface area contributed by atoms with Gasteiger partial charge in [-0.2, -0.15) is 0 Å². The Balaban J connectivity index is 1.85. The normalized spacial score (nSPS) is 16.9. The number of aliphatic hydroxyl groups excluding tert-OH is 1. The average molecular weight is 270 g/mol. The van der Waals surface area contributed by atoms with Gasteiger partial charge in [-0.25, -0.2) is 4.98 Å². The van der Waals surface area contributed by atoms with Crippen molar-refractivity contribution in [2.24, 2.45) is 0 Å². The largest absolute Gasteiger partial charge is 0.387 e. The van der Waals surface area contributed by atoms with Crippen LogP contribution in [0.5, 0.6) is 0 Å². The number of nitrogens with zero attached hydrogens (tertiary/aromatic N) is 3. The summed E-state index contributed by atoms with van der Waals surface area (Å²) in [4.78, 5) is 19.2. The molecule has 1 aromatic heterocycles. The van der Waals surface area contributed by atoms with Crippen LogP contribution in [0.15, 0.2) is 18.3 Å². The van der Waals surface area contributed by atoms with Crippen molar-refractivity contribution in [1.82, 2.24) is 14.8 Å². The van der Waals surface area contributed by atoms with Crippen molar-refractivity contribution in [2.75, 3.05) is 32.8 Å². The highest BCUT2D eigenvalue weighted by Gasteiger charge is 2.20. The summed E-state index contributed by atoms with van der Waals surface area (Å²) in [6.07, 6.45) is 1.70. The summed E-state index contributed by atoms with van der Waals surface area (Å²) in [5.74, 6) is -0.193. The zero-order valence-corrected chi connectivity index (χ0v) is 10.8. The summed E-state index contributed by atoms with van der Waals surface area (Å²) >= 11 is 5.84. The fourth-order valence-corrected chi connectivity index (χ4v) is 2.25. The van der Waals surface area contributed by atoms with Gasteiger partial charge in [-0.05, 0) is 17.7 Å². The third-order valence-corrected chi connectivity index (χ3v) is 3.26. The predicted octanol–water partition coefficient (Wildman–Crippen LogP) is 0.372. The van der Waals surface area contributed by atoms with E-state index in [-0.39, 0.29) is 5.91 Å². The number of hydrogen-bond acceptors (Lipinski definition) is 4. The van der Waals surface area contributed by atoms with Crippen LogP contribution in [0.2, 0.25) is 5.15 Å². The van der Waals surface area contributed by atoms with Crippen molar-refractivity contribution >= 4 is 17.5 Å². The summed E-state index contributed by atoms with van der Waals surface area (Å²) in [5.41, 5.74) is 1.12. The van der Waals surface area contributed by atoms with Gasteiger partial charge in [-0.3, -0.25) is 9.69 Å². The molecule has 0 spiro atoms. The number of rotatable bonds is 3. The number of halogens is 1. The van der Waals surface area contributed by atoms with Gasteiger partial charge in [-0.15, -0.1) is 0 Å². The van der Waals surface area contributed by atoms with Crippen LogP contribution in [-0.2, 0) is 11.3 Å². The second-order valence-electron chi connectivity index (χ2n) is 4.30. The molecule has 0 aromatic carbocycles. The maximum atomic E-state index is 11.3. The molecule has 0 bridgehead atoms. The van der Waals surface area contributed by atoms with Crippen molar-refractivity contribution in [1.29, 1.82) is 0 Å². The predicted molar refractivity (Wildman–Crippen MR) is 68.2 cm³/mol. The molecule has 6 heteroatoms. The Kier molecular flexibility index (Phi) is 4.52. The van der Waals surface area contributed by atoms with Gasteiger partial charge in [0, 0.05) is 38.9 Å². The fraction of sp³-hybridized carbons (Fsp3) is 0.500. The van der Waals surface area contributed by atoms with Crippen LogP contribution in [0.4, 0.5) is 0 Å². The van der Waals surface area contributed by atoms with Crippen LogP contribution in [-0.4, -0.2) is 58.6 Å². The lowest BCUT2D eigenvalue weighted by Crippen LogP contribution is -2.49. The van der Waals surface area contributed by atoms with Crippen LogP contribution in [0.25, 0.3) is 0 Å². The Morgan fingerprint density at radius 1 is 1.39 bits per heavy atom. The SMILES string of the molecule is O=C(CO)N1CCN(Cc2ccnc(Cl)c2)CC1. The lowest BCUT2D eigenvalue weighted by molar-refractivity contribution is -0.135. The van der Waals surface area contributed by atoms with Crippen LogP contribution in [0.3, 0.4) is 0 Å². The van der Waals surface area contributed by atoms with Gasteiger partial charge in [-0.1, -0.05) is 11.6 Å². The van der Waals surface area contributed by atoms with Gasteiger partial charge >= 0.3 is 0 Å². The second-order valence-corrected chi connectivity index (χ2v) is 4.69. The van der Waals surface area contributed by atoms with Crippen molar-refractivity contribution in [3.8, 4) is 0 Å². The summed E-state index contributed by atoms with van der Waals surface area (Å²) in [5, 5.41) is 9.29. The highest BCUT2D eigenvalue weighted by molar-refractivity contribution is 6.29. The first-order valence-electron chi connectivity index (χ1n) is 5.90. The van der Waals surface area contributed by atoms with Crippen molar-refractivity contribution in [3.63, 3.8) is 0 Å². The molecule has 1 N–H and O–H groups in total. The lowest BCUT2D eigenvalue weighted by atomic mass is 10.2. The molecule has 1 aliphatic heterocycles. The summed E-state index contributed by atoms with van der Waals surface area (Å²) in [6, 6.07) is 3.80. The second kappa shape index (κ2) is 6.13. The van der Waals surface area contributed by atoms with Crippen molar-refractivity contribution in [2.45, 2.75) is 6.54 Å². The summed E-state index contributed by atoms with van der Waals surface area (Å²) in [7, 11) is 0. The number of aromatic nitrogens is 1. The number of carbonyl (C=O) groups excluding carboxylic acids is 1. The third kappa shape index (κ3) is 3.41. The molecule has 0 aliphatic carbocycles. The van der Waals surface area contributed by atoms with Gasteiger partial charge in [0.15, 0.2) is 0 Å². The molecular formula is C12H16ClN3O2. The molecule has 5 nitrogen and oxygen atoms in total. The molecule has 0 saturated carbocycles. The van der Waals surface area contributed by atoms with Crippen LogP contribution in [0, 0.1) is 0 Å². The molecule has 0 radical (unpaired) electrons. The standard InChI is InChI=1S/C12H16ClN3O2/c13-11-7-10(1-2-14-11)8-15-3-5-16(6-4-15)12(18)9-17/h1-2,7,17H,3-6,8-9H2. The third-order valence-electron chi connectivity index (χ3n) is 3.06. The molecule has 0 unspecified atom stereocenters. The van der Waals surface area contributed by atoms with E-state index in [1.165, 1.54) is 0 Å². The highest BCUT2D eigenvalue weighted by Crippen LogP contribution is 2.11. The minimum absolute atomic E-state index is 0.193.